The molecule has 39 heavy (non-hydrogen) atoms. The maximum absolute atomic E-state index is 13.1. The Kier molecular flexibility index (Phi) is 10.7. The summed E-state index contributed by atoms with van der Waals surface area (Å²) in [6.45, 7) is 21.6. The fourth-order valence-electron chi connectivity index (χ4n) is 4.57. The Bertz CT molecular complexity index is 1050. The molecule has 2 aromatic carbocycles. The van der Waals surface area contributed by atoms with Gasteiger partial charge in [-0.25, -0.2) is 4.79 Å². The molecule has 0 aliphatic heterocycles. The second-order valence-electron chi connectivity index (χ2n) is 13.2. The fraction of sp³-hybridized carbons (Fsp3) is 0.548. The normalized spacial score (nSPS) is 16.4. The zero-order valence-corrected chi connectivity index (χ0v) is 27.4. The van der Waals surface area contributed by atoms with E-state index in [1.165, 1.54) is 0 Å². The average molecular weight is 573 g/mol. The Morgan fingerprint density at radius 1 is 0.923 bits per heavy atom. The van der Waals surface area contributed by atoms with Crippen molar-refractivity contribution in [2.24, 2.45) is 4.40 Å². The Morgan fingerprint density at radius 3 is 1.74 bits per heavy atom. The van der Waals surface area contributed by atoms with E-state index in [2.05, 4.69) is 54.8 Å². The van der Waals surface area contributed by atoms with Gasteiger partial charge in [-0.2, -0.15) is 0 Å². The number of carbonyl (C=O) groups excluding carboxylic acids is 1. The van der Waals surface area contributed by atoms with Crippen LogP contribution in [0.2, 0.25) is 5.04 Å². The van der Waals surface area contributed by atoms with Crippen LogP contribution < -0.4 is 15.7 Å². The topological polar surface area (TPSA) is 83.0 Å². The Labute approximate surface area is 240 Å². The number of carbonyl (C=O) groups is 1. The second kappa shape index (κ2) is 12.6. The van der Waals surface area contributed by atoms with Crippen LogP contribution in [0.15, 0.2) is 65.1 Å². The molecule has 0 saturated carbocycles. The first-order valence-corrected chi connectivity index (χ1v) is 16.6. The molecule has 0 aromatic heterocycles. The minimum atomic E-state index is -2.96. The molecule has 216 valence electrons. The van der Waals surface area contributed by atoms with Gasteiger partial charge in [0.15, 0.2) is 0 Å². The number of nitrogens with zero attached hydrogens (tertiary/aromatic N) is 1. The summed E-state index contributed by atoms with van der Waals surface area (Å²) in [7, 11) is -2.96. The maximum atomic E-state index is 13.1. The molecule has 0 fully saturated rings. The molecule has 1 N–H and O–H groups in total. The van der Waals surface area contributed by atoms with Gasteiger partial charge in [-0.1, -0.05) is 92.8 Å². The molecule has 3 atom stereocenters. The average Bonchev–Trinajstić information content (AvgIpc) is 2.81. The standard InChI is InChI=1S/C31H48N2O4SSi/c1-12-26(31(11,23-32-38(35)29(5,6)7)33-27(34)36-28(2,3)4)37-39(30(8,9)10,24-19-15-13-16-20-24)25-21-17-14-18-22-25/h13-23,26H,12H2,1-11H3,(H,33,34)/b32-23+/t26-,31+,38+/m1/s1. The third-order valence-corrected chi connectivity index (χ3v) is 12.9. The molecule has 0 saturated heterocycles. The van der Waals surface area contributed by atoms with E-state index in [1.807, 2.05) is 91.8 Å². The van der Waals surface area contributed by atoms with E-state index in [4.69, 9.17) is 9.16 Å². The summed E-state index contributed by atoms with van der Waals surface area (Å²) >= 11 is -1.52. The van der Waals surface area contributed by atoms with Gasteiger partial charge in [0, 0.05) is 0 Å². The van der Waals surface area contributed by atoms with E-state index < -0.39 is 47.8 Å². The van der Waals surface area contributed by atoms with Gasteiger partial charge in [0.1, 0.15) is 27.2 Å². The Hall–Kier alpha value is -2.13. The quantitative estimate of drug-likeness (QED) is 0.222. The van der Waals surface area contributed by atoms with Crippen LogP contribution in [0.3, 0.4) is 0 Å². The molecular weight excluding hydrogens is 525 g/mol. The number of alkyl carbamates (subject to hydrolysis) is 1. The van der Waals surface area contributed by atoms with Gasteiger partial charge in [0.25, 0.3) is 8.32 Å². The first kappa shape index (κ1) is 33.1. The van der Waals surface area contributed by atoms with Gasteiger partial charge in [0.05, 0.1) is 12.3 Å². The molecule has 0 spiro atoms. The van der Waals surface area contributed by atoms with Crippen molar-refractivity contribution in [1.29, 1.82) is 0 Å². The monoisotopic (exact) mass is 572 g/mol. The highest BCUT2D eigenvalue weighted by Gasteiger charge is 2.53. The third-order valence-electron chi connectivity index (χ3n) is 6.49. The van der Waals surface area contributed by atoms with Gasteiger partial charge in [0.2, 0.25) is 0 Å². The summed E-state index contributed by atoms with van der Waals surface area (Å²) in [5.41, 5.74) is -1.79. The minimum Gasteiger partial charge on any atom is -0.591 e. The second-order valence-corrected chi connectivity index (χ2v) is 19.4. The number of benzene rings is 2. The SMILES string of the molecule is CC[C@@H](O[Si](c1ccccc1)(c1ccccc1)C(C)(C)C)[C@](C)(/C=N/[S@@+]([O-])C(C)(C)C)NC(=O)OC(C)(C)C. The van der Waals surface area contributed by atoms with E-state index in [1.54, 1.807) is 6.21 Å². The van der Waals surface area contributed by atoms with Gasteiger partial charge in [-0.05, 0) is 70.3 Å². The van der Waals surface area contributed by atoms with E-state index in [0.29, 0.717) is 6.42 Å². The number of ether oxygens (including phenoxy) is 1. The zero-order chi connectivity index (χ0) is 29.7. The predicted octanol–water partition coefficient (Wildman–Crippen LogP) is 6.16. The lowest BCUT2D eigenvalue weighted by Crippen LogP contribution is -2.71. The van der Waals surface area contributed by atoms with Crippen LogP contribution in [-0.2, 0) is 20.5 Å². The third kappa shape index (κ3) is 8.43. The number of hydrogen-bond acceptors (Lipinski definition) is 5. The highest BCUT2D eigenvalue weighted by atomic mass is 32.2. The predicted molar refractivity (Wildman–Crippen MR) is 167 cm³/mol. The van der Waals surface area contributed by atoms with E-state index >= 15 is 0 Å². The van der Waals surface area contributed by atoms with Crippen molar-refractivity contribution in [2.75, 3.05) is 0 Å². The summed E-state index contributed by atoms with van der Waals surface area (Å²) in [5, 5.41) is 5.05. The minimum absolute atomic E-state index is 0.263. The molecule has 0 radical (unpaired) electrons. The molecule has 0 heterocycles. The molecule has 6 nitrogen and oxygen atoms in total. The molecule has 1 amide bonds. The van der Waals surface area contributed by atoms with Crippen LogP contribution in [0, 0.1) is 0 Å². The summed E-state index contributed by atoms with van der Waals surface area (Å²) < 4.78 is 29.9. The Balaban J connectivity index is 2.74. The van der Waals surface area contributed by atoms with Crippen LogP contribution in [0.5, 0.6) is 0 Å². The van der Waals surface area contributed by atoms with Crippen LogP contribution in [0.4, 0.5) is 4.79 Å². The summed E-state index contributed by atoms with van der Waals surface area (Å²) in [6, 6.07) is 20.7. The maximum Gasteiger partial charge on any atom is 0.408 e. The van der Waals surface area contributed by atoms with Crippen molar-refractivity contribution in [3.05, 3.63) is 60.7 Å². The van der Waals surface area contributed by atoms with Crippen molar-refractivity contribution in [3.8, 4) is 0 Å². The van der Waals surface area contributed by atoms with Crippen LogP contribution in [0.1, 0.15) is 82.6 Å². The van der Waals surface area contributed by atoms with E-state index in [0.717, 1.165) is 10.4 Å². The summed E-state index contributed by atoms with van der Waals surface area (Å²) in [4.78, 5) is 13.1. The molecule has 0 unspecified atom stereocenters. The van der Waals surface area contributed by atoms with Crippen molar-refractivity contribution in [1.82, 2.24) is 5.32 Å². The summed E-state index contributed by atoms with van der Waals surface area (Å²) in [6.07, 6.45) is 1.08. The lowest BCUT2D eigenvalue weighted by atomic mass is 9.94. The van der Waals surface area contributed by atoms with E-state index in [-0.39, 0.29) is 5.04 Å². The molecule has 8 heteroatoms. The smallest absolute Gasteiger partial charge is 0.408 e. The van der Waals surface area contributed by atoms with Crippen molar-refractivity contribution < 1.29 is 18.5 Å². The molecule has 0 bridgehead atoms. The number of nitrogens with one attached hydrogen (secondary N) is 1. The molecule has 0 aliphatic rings. The highest BCUT2D eigenvalue weighted by Crippen LogP contribution is 2.39. The molecule has 0 aliphatic carbocycles. The van der Waals surface area contributed by atoms with E-state index in [9.17, 15) is 9.35 Å². The first-order valence-electron chi connectivity index (χ1n) is 13.6. The fourth-order valence-corrected chi connectivity index (χ4v) is 10.1. The number of rotatable bonds is 9. The number of amides is 1. The highest BCUT2D eigenvalue weighted by molar-refractivity contribution is 7.91. The van der Waals surface area contributed by atoms with Crippen molar-refractivity contribution in [2.45, 2.75) is 110 Å². The van der Waals surface area contributed by atoms with Crippen LogP contribution in [-0.4, -0.2) is 47.2 Å². The lowest BCUT2D eigenvalue weighted by Gasteiger charge is -2.48. The van der Waals surface area contributed by atoms with Gasteiger partial charge < -0.3 is 19.0 Å². The molecule has 2 rings (SSSR count). The van der Waals surface area contributed by atoms with Crippen LogP contribution >= 0.6 is 0 Å². The first-order chi connectivity index (χ1) is 17.9. The van der Waals surface area contributed by atoms with Gasteiger partial charge in [-0.3, -0.25) is 0 Å². The summed E-state index contributed by atoms with van der Waals surface area (Å²) in [5.74, 6) is 0. The molecular formula is C31H48N2O4SSi. The van der Waals surface area contributed by atoms with Crippen LogP contribution in [0.25, 0.3) is 0 Å². The number of hydrogen-bond donors (Lipinski definition) is 1. The van der Waals surface area contributed by atoms with Gasteiger partial charge in [-0.15, -0.1) is 0 Å². The molecule has 2 aromatic rings. The lowest BCUT2D eigenvalue weighted by molar-refractivity contribution is 0.0398. The Morgan fingerprint density at radius 2 is 1.38 bits per heavy atom. The van der Waals surface area contributed by atoms with Gasteiger partial charge >= 0.3 is 6.09 Å². The van der Waals surface area contributed by atoms with Crippen molar-refractivity contribution >= 4 is 42.4 Å². The zero-order valence-electron chi connectivity index (χ0n) is 25.6. The largest absolute Gasteiger partial charge is 0.591 e. The van der Waals surface area contributed by atoms with Crippen molar-refractivity contribution in [3.63, 3.8) is 0 Å².